The number of rotatable bonds is 5. The van der Waals surface area contributed by atoms with Gasteiger partial charge in [-0.3, -0.25) is 0 Å². The molecule has 1 unspecified atom stereocenters. The van der Waals surface area contributed by atoms with E-state index in [1.54, 1.807) is 7.11 Å². The van der Waals surface area contributed by atoms with Crippen LogP contribution in [0, 0.1) is 5.92 Å². The maximum atomic E-state index is 5.07. The molecule has 2 rings (SSSR count). The number of hydrogen-bond donors (Lipinski definition) is 1. The van der Waals surface area contributed by atoms with Gasteiger partial charge in [0.25, 0.3) is 0 Å². The van der Waals surface area contributed by atoms with Crippen LogP contribution < -0.4 is 10.1 Å². The SMILES string of the molecule is CNC(Cc1ccc(OC)nc1)C1CCCC1. The third-order valence-corrected chi connectivity index (χ3v) is 3.80. The van der Waals surface area contributed by atoms with Gasteiger partial charge < -0.3 is 10.1 Å². The summed E-state index contributed by atoms with van der Waals surface area (Å²) in [5.74, 6) is 1.53. The Balaban J connectivity index is 1.96. The summed E-state index contributed by atoms with van der Waals surface area (Å²) in [7, 11) is 3.72. The highest BCUT2D eigenvalue weighted by Crippen LogP contribution is 2.29. The molecule has 1 aliphatic carbocycles. The van der Waals surface area contributed by atoms with Crippen LogP contribution in [-0.2, 0) is 6.42 Å². The van der Waals surface area contributed by atoms with Gasteiger partial charge in [-0.05, 0) is 37.8 Å². The van der Waals surface area contributed by atoms with Crippen molar-refractivity contribution < 1.29 is 4.74 Å². The summed E-state index contributed by atoms with van der Waals surface area (Å²) in [6.45, 7) is 0. The minimum absolute atomic E-state index is 0.590. The predicted octanol–water partition coefficient (Wildman–Crippen LogP) is 2.41. The average Bonchev–Trinajstić information content (AvgIpc) is 2.90. The summed E-state index contributed by atoms with van der Waals surface area (Å²) >= 11 is 0. The maximum absolute atomic E-state index is 5.07. The van der Waals surface area contributed by atoms with Crippen LogP contribution in [0.4, 0.5) is 0 Å². The van der Waals surface area contributed by atoms with Crippen LogP contribution in [0.25, 0.3) is 0 Å². The van der Waals surface area contributed by atoms with Crippen LogP contribution in [0.3, 0.4) is 0 Å². The molecule has 1 saturated carbocycles. The predicted molar refractivity (Wildman–Crippen MR) is 69.3 cm³/mol. The standard InChI is InChI=1S/C14H22N2O/c1-15-13(12-5-3-4-6-12)9-11-7-8-14(17-2)16-10-11/h7-8,10,12-13,15H,3-6,9H2,1-2H3. The molecule has 1 heterocycles. The highest BCUT2D eigenvalue weighted by atomic mass is 16.5. The number of hydrogen-bond acceptors (Lipinski definition) is 3. The fourth-order valence-electron chi connectivity index (χ4n) is 2.77. The van der Waals surface area contributed by atoms with Crippen LogP contribution in [0.1, 0.15) is 31.2 Å². The molecule has 0 radical (unpaired) electrons. The quantitative estimate of drug-likeness (QED) is 0.849. The summed E-state index contributed by atoms with van der Waals surface area (Å²) in [6.07, 6.45) is 8.52. The first-order valence-corrected chi connectivity index (χ1v) is 6.49. The van der Waals surface area contributed by atoms with Gasteiger partial charge in [0.15, 0.2) is 0 Å². The first kappa shape index (κ1) is 12.4. The molecule has 0 aliphatic heterocycles. The molecule has 1 N–H and O–H groups in total. The van der Waals surface area contributed by atoms with Crippen LogP contribution in [0.2, 0.25) is 0 Å². The van der Waals surface area contributed by atoms with Crippen molar-refractivity contribution in [2.75, 3.05) is 14.2 Å². The molecule has 0 aromatic carbocycles. The van der Waals surface area contributed by atoms with E-state index >= 15 is 0 Å². The number of methoxy groups -OCH3 is 1. The zero-order valence-corrected chi connectivity index (χ0v) is 10.8. The van der Waals surface area contributed by atoms with Crippen LogP contribution in [0.5, 0.6) is 5.88 Å². The smallest absolute Gasteiger partial charge is 0.212 e. The minimum atomic E-state index is 0.590. The molecule has 17 heavy (non-hydrogen) atoms. The molecule has 1 aromatic rings. The topological polar surface area (TPSA) is 34.1 Å². The highest BCUT2D eigenvalue weighted by molar-refractivity contribution is 5.18. The van der Waals surface area contributed by atoms with Crippen LogP contribution >= 0.6 is 0 Å². The first-order chi connectivity index (χ1) is 8.33. The van der Waals surface area contributed by atoms with Gasteiger partial charge in [-0.2, -0.15) is 0 Å². The normalized spacial score (nSPS) is 18.2. The number of aromatic nitrogens is 1. The van der Waals surface area contributed by atoms with Gasteiger partial charge in [0.2, 0.25) is 5.88 Å². The van der Waals surface area contributed by atoms with Gasteiger partial charge >= 0.3 is 0 Å². The Hall–Kier alpha value is -1.09. The lowest BCUT2D eigenvalue weighted by molar-refractivity contribution is 0.375. The lowest BCUT2D eigenvalue weighted by Gasteiger charge is -2.22. The third kappa shape index (κ3) is 3.19. The van der Waals surface area contributed by atoms with Crippen molar-refractivity contribution in [1.82, 2.24) is 10.3 Å². The molecular weight excluding hydrogens is 212 g/mol. The number of nitrogens with one attached hydrogen (secondary N) is 1. The molecule has 1 fully saturated rings. The van der Waals surface area contributed by atoms with Gasteiger partial charge in [-0.25, -0.2) is 4.98 Å². The van der Waals surface area contributed by atoms with E-state index in [4.69, 9.17) is 4.74 Å². The summed E-state index contributed by atoms with van der Waals surface area (Å²) in [4.78, 5) is 4.26. The molecule has 1 aliphatic rings. The molecule has 0 bridgehead atoms. The summed E-state index contributed by atoms with van der Waals surface area (Å²) in [6, 6.07) is 4.65. The number of pyridine rings is 1. The van der Waals surface area contributed by atoms with Crippen molar-refractivity contribution in [3.05, 3.63) is 23.9 Å². The summed E-state index contributed by atoms with van der Waals surface area (Å²) < 4.78 is 5.07. The van der Waals surface area contributed by atoms with Crippen molar-refractivity contribution in [1.29, 1.82) is 0 Å². The Morgan fingerprint density at radius 3 is 2.71 bits per heavy atom. The second kappa shape index (κ2) is 6.01. The Labute approximate surface area is 104 Å². The second-order valence-electron chi connectivity index (χ2n) is 4.85. The van der Waals surface area contributed by atoms with E-state index in [-0.39, 0.29) is 0 Å². The zero-order valence-electron chi connectivity index (χ0n) is 10.8. The molecular formula is C14H22N2O. The molecule has 94 valence electrons. The highest BCUT2D eigenvalue weighted by Gasteiger charge is 2.23. The zero-order chi connectivity index (χ0) is 12.1. The van der Waals surface area contributed by atoms with Crippen molar-refractivity contribution in [3.63, 3.8) is 0 Å². The van der Waals surface area contributed by atoms with Gasteiger partial charge in [-0.1, -0.05) is 18.9 Å². The molecule has 0 saturated heterocycles. The Kier molecular flexibility index (Phi) is 4.37. The molecule has 1 aromatic heterocycles. The maximum Gasteiger partial charge on any atom is 0.212 e. The van der Waals surface area contributed by atoms with Crippen LogP contribution in [-0.4, -0.2) is 25.2 Å². The van der Waals surface area contributed by atoms with Gasteiger partial charge in [0.1, 0.15) is 0 Å². The Morgan fingerprint density at radius 2 is 2.18 bits per heavy atom. The average molecular weight is 234 g/mol. The number of ether oxygens (including phenoxy) is 1. The molecule has 1 atom stereocenters. The van der Waals surface area contributed by atoms with E-state index in [1.807, 2.05) is 12.3 Å². The molecule has 0 spiro atoms. The molecule has 3 heteroatoms. The lowest BCUT2D eigenvalue weighted by atomic mass is 9.93. The van der Waals surface area contributed by atoms with Crippen molar-refractivity contribution in [2.24, 2.45) is 5.92 Å². The van der Waals surface area contributed by atoms with Gasteiger partial charge in [0.05, 0.1) is 7.11 Å². The fourth-order valence-corrected chi connectivity index (χ4v) is 2.77. The van der Waals surface area contributed by atoms with Crippen molar-refractivity contribution in [2.45, 2.75) is 38.1 Å². The van der Waals surface area contributed by atoms with E-state index in [1.165, 1.54) is 31.2 Å². The number of nitrogens with zero attached hydrogens (tertiary/aromatic N) is 1. The lowest BCUT2D eigenvalue weighted by Crippen LogP contribution is -2.34. The van der Waals surface area contributed by atoms with Crippen LogP contribution in [0.15, 0.2) is 18.3 Å². The first-order valence-electron chi connectivity index (χ1n) is 6.49. The largest absolute Gasteiger partial charge is 0.481 e. The monoisotopic (exact) mass is 234 g/mol. The Bertz CT molecular complexity index is 331. The van der Waals surface area contributed by atoms with Crippen molar-refractivity contribution >= 4 is 0 Å². The van der Waals surface area contributed by atoms with Crippen molar-refractivity contribution in [3.8, 4) is 5.88 Å². The van der Waals surface area contributed by atoms with Gasteiger partial charge in [-0.15, -0.1) is 0 Å². The summed E-state index contributed by atoms with van der Waals surface area (Å²) in [5, 5.41) is 3.46. The van der Waals surface area contributed by atoms with Gasteiger partial charge in [0, 0.05) is 18.3 Å². The fraction of sp³-hybridized carbons (Fsp3) is 0.643. The minimum Gasteiger partial charge on any atom is -0.481 e. The van der Waals surface area contributed by atoms with E-state index < -0.39 is 0 Å². The third-order valence-electron chi connectivity index (χ3n) is 3.80. The second-order valence-corrected chi connectivity index (χ2v) is 4.85. The molecule has 3 nitrogen and oxygen atoms in total. The van der Waals surface area contributed by atoms with E-state index in [2.05, 4.69) is 23.4 Å². The Morgan fingerprint density at radius 1 is 1.41 bits per heavy atom. The van der Waals surface area contributed by atoms with E-state index in [0.717, 1.165) is 12.3 Å². The summed E-state index contributed by atoms with van der Waals surface area (Å²) in [5.41, 5.74) is 1.29. The van der Waals surface area contributed by atoms with E-state index in [9.17, 15) is 0 Å². The molecule has 0 amide bonds. The number of likely N-dealkylation sites (N-methyl/N-ethyl adjacent to an activating group) is 1. The van der Waals surface area contributed by atoms with E-state index in [0.29, 0.717) is 11.9 Å².